The van der Waals surface area contributed by atoms with Gasteiger partial charge in [0.25, 0.3) is 0 Å². The van der Waals surface area contributed by atoms with Crippen molar-refractivity contribution in [3.05, 3.63) is 29.5 Å². The van der Waals surface area contributed by atoms with Crippen molar-refractivity contribution in [3.8, 4) is 5.75 Å². The fourth-order valence-corrected chi connectivity index (χ4v) is 7.76. The maximum absolute atomic E-state index is 14.3. The highest BCUT2D eigenvalue weighted by Gasteiger charge is 2.50. The highest BCUT2D eigenvalue weighted by atomic mass is 16.6. The van der Waals surface area contributed by atoms with E-state index in [2.05, 4.69) is 33.7 Å². The number of rotatable bonds is 5. The molecule has 5 aliphatic rings. The standard InChI is InChI=1S/C30H44N6O3/c1-5-21-16-20-17-25-27(21)35(19-20)10-8-23-24-18-22(39-29(37)31-9-11-32(2)3)6-7-26(24)36(28(23)25)30(38)34-14-12-33(4)13-15-34/h6-7,18,20-21,25,27H,5,8-17,19H2,1-4H3,(H,31,37)/t20-,21-,25+,27?/m0/s1. The maximum atomic E-state index is 14.3. The van der Waals surface area contributed by atoms with E-state index in [0.29, 0.717) is 36.1 Å². The number of fused-ring (bicyclic) bond motifs is 4. The molecule has 212 valence electrons. The number of piperidine rings is 2. The normalized spacial score (nSPS) is 28.4. The number of benzene rings is 1. The molecule has 2 unspecified atom stereocenters. The Kier molecular flexibility index (Phi) is 7.33. The second-order valence-electron chi connectivity index (χ2n) is 12.4. The number of carbonyl (C=O) groups is 2. The van der Waals surface area contributed by atoms with Crippen LogP contribution in [0.3, 0.4) is 0 Å². The molecule has 1 aliphatic carbocycles. The number of piperazine rings is 1. The van der Waals surface area contributed by atoms with E-state index in [4.69, 9.17) is 4.74 Å². The monoisotopic (exact) mass is 536 g/mol. The van der Waals surface area contributed by atoms with Gasteiger partial charge in [0.15, 0.2) is 0 Å². The maximum Gasteiger partial charge on any atom is 0.412 e. The first-order chi connectivity index (χ1) is 18.8. The topological polar surface area (TPSA) is 73.3 Å². The molecule has 9 nitrogen and oxygen atoms in total. The molecule has 4 aliphatic heterocycles. The van der Waals surface area contributed by atoms with Gasteiger partial charge in [-0.2, -0.15) is 0 Å². The molecule has 5 heterocycles. The Labute approximate surface area is 232 Å². The van der Waals surface area contributed by atoms with Gasteiger partial charge in [-0.15, -0.1) is 0 Å². The molecule has 9 heteroatoms. The van der Waals surface area contributed by atoms with Crippen molar-refractivity contribution >= 4 is 23.0 Å². The average Bonchev–Trinajstić information content (AvgIpc) is 3.18. The molecular formula is C30H44N6O3. The van der Waals surface area contributed by atoms with Gasteiger partial charge in [0.05, 0.1) is 5.52 Å². The number of ether oxygens (including phenoxy) is 1. The Hall–Kier alpha value is -2.62. The van der Waals surface area contributed by atoms with Gasteiger partial charge in [0.1, 0.15) is 5.75 Å². The first-order valence-corrected chi connectivity index (χ1v) is 14.8. The van der Waals surface area contributed by atoms with Crippen LogP contribution < -0.4 is 10.1 Å². The summed E-state index contributed by atoms with van der Waals surface area (Å²) in [5, 5.41) is 3.89. The van der Waals surface area contributed by atoms with Crippen LogP contribution in [-0.2, 0) is 6.42 Å². The van der Waals surface area contributed by atoms with Crippen LogP contribution in [0.15, 0.2) is 18.2 Å². The molecule has 0 spiro atoms. The Morgan fingerprint density at radius 2 is 1.90 bits per heavy atom. The summed E-state index contributed by atoms with van der Waals surface area (Å²) in [6, 6.07) is 6.44. The minimum absolute atomic E-state index is 0.104. The summed E-state index contributed by atoms with van der Waals surface area (Å²) < 4.78 is 7.77. The Balaban J connectivity index is 1.40. The molecule has 2 aromatic rings. The zero-order chi connectivity index (χ0) is 27.3. The third kappa shape index (κ3) is 4.93. The van der Waals surface area contributed by atoms with Crippen LogP contribution in [0.4, 0.5) is 9.59 Å². The van der Waals surface area contributed by atoms with Gasteiger partial charge in [-0.3, -0.25) is 9.47 Å². The van der Waals surface area contributed by atoms with E-state index in [1.165, 1.54) is 30.6 Å². The van der Waals surface area contributed by atoms with Crippen LogP contribution >= 0.6 is 0 Å². The van der Waals surface area contributed by atoms with Crippen LogP contribution in [0.5, 0.6) is 5.75 Å². The predicted octanol–water partition coefficient (Wildman–Crippen LogP) is 3.27. The van der Waals surface area contributed by atoms with Crippen molar-refractivity contribution in [3.63, 3.8) is 0 Å². The highest BCUT2D eigenvalue weighted by molar-refractivity contribution is 5.97. The molecule has 1 saturated carbocycles. The van der Waals surface area contributed by atoms with Gasteiger partial charge < -0.3 is 24.8 Å². The van der Waals surface area contributed by atoms with E-state index in [1.807, 2.05) is 42.1 Å². The largest absolute Gasteiger partial charge is 0.412 e. The molecule has 0 radical (unpaired) electrons. The smallest absolute Gasteiger partial charge is 0.410 e. The van der Waals surface area contributed by atoms with Crippen molar-refractivity contribution in [2.75, 3.05) is 73.5 Å². The van der Waals surface area contributed by atoms with E-state index < -0.39 is 6.09 Å². The number of amides is 2. The number of nitrogens with one attached hydrogen (secondary N) is 1. The fraction of sp³-hybridized carbons (Fsp3) is 0.667. The highest BCUT2D eigenvalue weighted by Crippen LogP contribution is 2.52. The van der Waals surface area contributed by atoms with Crippen molar-refractivity contribution in [1.29, 1.82) is 0 Å². The molecule has 4 fully saturated rings. The zero-order valence-electron chi connectivity index (χ0n) is 24.0. The Bertz CT molecular complexity index is 1230. The van der Waals surface area contributed by atoms with Gasteiger partial charge in [-0.1, -0.05) is 13.3 Å². The lowest BCUT2D eigenvalue weighted by Gasteiger charge is -2.53. The number of carbonyl (C=O) groups excluding carboxylic acids is 2. The van der Waals surface area contributed by atoms with E-state index in [0.717, 1.165) is 63.0 Å². The number of hydrogen-bond acceptors (Lipinski definition) is 6. The lowest BCUT2D eigenvalue weighted by molar-refractivity contribution is -0.0139. The predicted molar refractivity (Wildman–Crippen MR) is 153 cm³/mol. The van der Waals surface area contributed by atoms with Crippen molar-refractivity contribution in [2.24, 2.45) is 11.8 Å². The van der Waals surface area contributed by atoms with Gasteiger partial charge in [-0.25, -0.2) is 9.59 Å². The number of likely N-dealkylation sites (N-methyl/N-ethyl adjacent to an activating group) is 2. The summed E-state index contributed by atoms with van der Waals surface area (Å²) in [6.07, 6.45) is 4.15. The molecule has 1 aromatic carbocycles. The van der Waals surface area contributed by atoms with E-state index >= 15 is 0 Å². The van der Waals surface area contributed by atoms with Crippen molar-refractivity contribution in [1.82, 2.24) is 29.5 Å². The van der Waals surface area contributed by atoms with Gasteiger partial charge >= 0.3 is 12.1 Å². The molecule has 2 amide bonds. The molecule has 1 N–H and O–H groups in total. The van der Waals surface area contributed by atoms with Gasteiger partial charge in [0, 0.05) is 75.4 Å². The van der Waals surface area contributed by atoms with Crippen LogP contribution in [-0.4, -0.2) is 116 Å². The molecule has 7 rings (SSSR count). The molecule has 5 atom stereocenters. The summed E-state index contributed by atoms with van der Waals surface area (Å²) in [5.41, 5.74) is 3.46. The van der Waals surface area contributed by atoms with Gasteiger partial charge in [-0.05, 0) is 76.0 Å². The van der Waals surface area contributed by atoms with Crippen LogP contribution in [0.2, 0.25) is 0 Å². The second kappa shape index (κ2) is 10.7. The summed E-state index contributed by atoms with van der Waals surface area (Å²) in [4.78, 5) is 35.8. The lowest BCUT2D eigenvalue weighted by atomic mass is 9.65. The Morgan fingerprint density at radius 1 is 1.10 bits per heavy atom. The lowest BCUT2D eigenvalue weighted by Crippen LogP contribution is -2.56. The molecule has 4 bridgehead atoms. The van der Waals surface area contributed by atoms with Gasteiger partial charge in [0.2, 0.25) is 0 Å². The zero-order valence-corrected chi connectivity index (χ0v) is 24.0. The third-order valence-corrected chi connectivity index (χ3v) is 9.65. The first-order valence-electron chi connectivity index (χ1n) is 14.8. The molecular weight excluding hydrogens is 492 g/mol. The van der Waals surface area contributed by atoms with Crippen molar-refractivity contribution < 1.29 is 14.3 Å². The fourth-order valence-electron chi connectivity index (χ4n) is 7.76. The SMILES string of the molecule is CC[C@H]1C[C@H]2C[C@H]3c4c(c5cc(OC(=O)NCCN(C)C)ccc5n4C(=O)N4CCN(C)CC4)CCN(C2)C13. The average molecular weight is 537 g/mol. The Morgan fingerprint density at radius 3 is 2.64 bits per heavy atom. The number of aromatic nitrogens is 1. The van der Waals surface area contributed by atoms with E-state index in [1.54, 1.807) is 0 Å². The summed E-state index contributed by atoms with van der Waals surface area (Å²) in [7, 11) is 6.07. The number of hydrogen-bond donors (Lipinski definition) is 1. The first kappa shape index (κ1) is 26.6. The minimum atomic E-state index is -0.444. The van der Waals surface area contributed by atoms with E-state index in [9.17, 15) is 9.59 Å². The number of nitrogens with zero attached hydrogens (tertiary/aromatic N) is 5. The van der Waals surface area contributed by atoms with Crippen LogP contribution in [0, 0.1) is 11.8 Å². The molecule has 1 aromatic heterocycles. The van der Waals surface area contributed by atoms with E-state index in [-0.39, 0.29) is 6.03 Å². The van der Waals surface area contributed by atoms with Crippen LogP contribution in [0.25, 0.3) is 10.9 Å². The van der Waals surface area contributed by atoms with Crippen LogP contribution in [0.1, 0.15) is 43.4 Å². The third-order valence-electron chi connectivity index (χ3n) is 9.65. The van der Waals surface area contributed by atoms with Crippen molar-refractivity contribution in [2.45, 2.75) is 44.6 Å². The molecule has 39 heavy (non-hydrogen) atoms. The summed E-state index contributed by atoms with van der Waals surface area (Å²) >= 11 is 0. The second-order valence-corrected chi connectivity index (χ2v) is 12.4. The quantitative estimate of drug-likeness (QED) is 0.633. The summed E-state index contributed by atoms with van der Waals surface area (Å²) in [6.45, 7) is 9.11. The molecule has 3 saturated heterocycles. The minimum Gasteiger partial charge on any atom is -0.410 e. The summed E-state index contributed by atoms with van der Waals surface area (Å²) in [5.74, 6) is 2.27.